The summed E-state index contributed by atoms with van der Waals surface area (Å²) < 4.78 is 17.2. The molecule has 0 aliphatic carbocycles. The molecule has 0 aromatic heterocycles. The maximum absolute atomic E-state index is 12.8. The Bertz CT molecular complexity index is 773. The lowest BCUT2D eigenvalue weighted by Gasteiger charge is -2.46. The highest BCUT2D eigenvalue weighted by Gasteiger charge is 2.50. The molecule has 3 rings (SSSR count). The second kappa shape index (κ2) is 8.08. The van der Waals surface area contributed by atoms with Gasteiger partial charge in [0.15, 0.2) is 6.29 Å². The minimum atomic E-state index is -0.942. The highest BCUT2D eigenvalue weighted by Crippen LogP contribution is 2.45. The number of nitrogens with zero attached hydrogens (tertiary/aromatic N) is 2. The summed E-state index contributed by atoms with van der Waals surface area (Å²) >= 11 is 0. The fraction of sp³-hybridized carbons (Fsp3) is 0.619. The smallest absolute Gasteiger partial charge is 0.223 e. The first-order chi connectivity index (χ1) is 13.3. The molecule has 0 bridgehead atoms. The summed E-state index contributed by atoms with van der Waals surface area (Å²) in [6, 6.07) is 6.45. The van der Waals surface area contributed by atoms with E-state index < -0.39 is 17.7 Å². The number of amides is 1. The van der Waals surface area contributed by atoms with Crippen molar-refractivity contribution in [2.24, 2.45) is 0 Å². The van der Waals surface area contributed by atoms with E-state index in [1.165, 1.54) is 0 Å². The van der Waals surface area contributed by atoms with Crippen LogP contribution >= 0.6 is 0 Å². The average Bonchev–Trinajstić information content (AvgIpc) is 3.01. The number of aliphatic hydroxyl groups excluding tert-OH is 1. The highest BCUT2D eigenvalue weighted by molar-refractivity contribution is 5.79. The maximum atomic E-state index is 12.8. The van der Waals surface area contributed by atoms with E-state index in [9.17, 15) is 15.2 Å². The fourth-order valence-electron chi connectivity index (χ4n) is 3.98. The van der Waals surface area contributed by atoms with Crippen LogP contribution in [0.25, 0.3) is 0 Å². The van der Waals surface area contributed by atoms with Crippen molar-refractivity contribution in [3.05, 3.63) is 29.3 Å². The Labute approximate surface area is 165 Å². The Balaban J connectivity index is 1.94. The summed E-state index contributed by atoms with van der Waals surface area (Å²) in [5.41, 5.74) is 0.242. The van der Waals surface area contributed by atoms with Crippen LogP contribution in [-0.4, -0.2) is 53.2 Å². The van der Waals surface area contributed by atoms with Crippen molar-refractivity contribution in [2.75, 3.05) is 13.2 Å². The number of carbonyl (C=O) groups excluding carboxylic acids is 1. The minimum absolute atomic E-state index is 0.0345. The molecule has 1 amide bonds. The molecule has 0 saturated carbocycles. The van der Waals surface area contributed by atoms with E-state index in [1.807, 2.05) is 13.8 Å². The van der Waals surface area contributed by atoms with E-state index in [0.29, 0.717) is 42.9 Å². The van der Waals surface area contributed by atoms with Crippen molar-refractivity contribution in [1.29, 1.82) is 5.26 Å². The molecule has 152 valence electrons. The van der Waals surface area contributed by atoms with Gasteiger partial charge in [-0.25, -0.2) is 0 Å². The molecule has 2 heterocycles. The molecule has 2 aliphatic heterocycles. The SMILES string of the molecule is CCOC(C)OC[C@@H]1CCC(=O)N1[C@H]1c2cc(C#N)ccc2OC(C)(C)[C@@H]1O. The number of carbonyl (C=O) groups is 1. The first-order valence-corrected chi connectivity index (χ1v) is 9.74. The van der Waals surface area contributed by atoms with Crippen molar-refractivity contribution < 1.29 is 24.1 Å². The zero-order chi connectivity index (χ0) is 20.5. The van der Waals surface area contributed by atoms with Crippen LogP contribution in [-0.2, 0) is 14.3 Å². The van der Waals surface area contributed by atoms with Crippen LogP contribution in [0.4, 0.5) is 0 Å². The van der Waals surface area contributed by atoms with Gasteiger partial charge >= 0.3 is 0 Å². The summed E-state index contributed by atoms with van der Waals surface area (Å²) in [7, 11) is 0. The number of hydrogen-bond acceptors (Lipinski definition) is 6. The van der Waals surface area contributed by atoms with E-state index in [1.54, 1.807) is 36.9 Å². The normalized spacial score (nSPS) is 27.1. The van der Waals surface area contributed by atoms with Gasteiger partial charge in [-0.2, -0.15) is 5.26 Å². The first kappa shape index (κ1) is 20.6. The van der Waals surface area contributed by atoms with Gasteiger partial charge in [-0.05, 0) is 52.3 Å². The molecule has 4 atom stereocenters. The maximum Gasteiger partial charge on any atom is 0.223 e. The van der Waals surface area contributed by atoms with Crippen molar-refractivity contribution in [3.8, 4) is 11.8 Å². The van der Waals surface area contributed by atoms with Gasteiger partial charge in [0.1, 0.15) is 17.5 Å². The zero-order valence-corrected chi connectivity index (χ0v) is 16.8. The number of rotatable bonds is 6. The monoisotopic (exact) mass is 388 g/mol. The lowest BCUT2D eigenvalue weighted by molar-refractivity contribution is -0.157. The molecule has 2 aliphatic rings. The zero-order valence-electron chi connectivity index (χ0n) is 16.8. The molecule has 0 radical (unpaired) electrons. The van der Waals surface area contributed by atoms with Gasteiger partial charge in [0.25, 0.3) is 0 Å². The van der Waals surface area contributed by atoms with E-state index in [4.69, 9.17) is 14.2 Å². The average molecular weight is 388 g/mol. The van der Waals surface area contributed by atoms with Gasteiger partial charge in [-0.1, -0.05) is 0 Å². The number of benzene rings is 1. The lowest BCUT2D eigenvalue weighted by Crippen LogP contribution is -2.55. The highest BCUT2D eigenvalue weighted by atomic mass is 16.7. The van der Waals surface area contributed by atoms with E-state index in [0.717, 1.165) is 0 Å². The molecule has 1 aromatic rings. The topological polar surface area (TPSA) is 92.0 Å². The van der Waals surface area contributed by atoms with Crippen LogP contribution in [0.15, 0.2) is 18.2 Å². The second-order valence-electron chi connectivity index (χ2n) is 7.81. The molecular weight excluding hydrogens is 360 g/mol. The number of aliphatic hydroxyl groups is 1. The van der Waals surface area contributed by atoms with Gasteiger partial charge in [0.2, 0.25) is 5.91 Å². The Morgan fingerprint density at radius 1 is 1.43 bits per heavy atom. The first-order valence-electron chi connectivity index (χ1n) is 9.74. The van der Waals surface area contributed by atoms with Crippen LogP contribution in [0.3, 0.4) is 0 Å². The second-order valence-corrected chi connectivity index (χ2v) is 7.81. The molecular formula is C21H28N2O5. The molecule has 1 aromatic carbocycles. The van der Waals surface area contributed by atoms with Crippen LogP contribution < -0.4 is 4.74 Å². The van der Waals surface area contributed by atoms with Gasteiger partial charge in [-0.15, -0.1) is 0 Å². The summed E-state index contributed by atoms with van der Waals surface area (Å²) in [4.78, 5) is 14.5. The number of hydrogen-bond donors (Lipinski definition) is 1. The molecule has 0 spiro atoms. The van der Waals surface area contributed by atoms with Gasteiger partial charge in [0.05, 0.1) is 30.3 Å². The van der Waals surface area contributed by atoms with E-state index in [-0.39, 0.29) is 18.2 Å². The van der Waals surface area contributed by atoms with E-state index in [2.05, 4.69) is 6.07 Å². The molecule has 1 saturated heterocycles. The molecule has 1 fully saturated rings. The van der Waals surface area contributed by atoms with Crippen molar-refractivity contribution in [2.45, 2.75) is 70.6 Å². The summed E-state index contributed by atoms with van der Waals surface area (Å²) in [6.07, 6.45) is -0.261. The molecule has 1 unspecified atom stereocenters. The van der Waals surface area contributed by atoms with E-state index >= 15 is 0 Å². The number of ether oxygens (including phenoxy) is 3. The van der Waals surface area contributed by atoms with Gasteiger partial charge in [0, 0.05) is 18.6 Å². The molecule has 7 heteroatoms. The van der Waals surface area contributed by atoms with Crippen molar-refractivity contribution in [1.82, 2.24) is 4.90 Å². The molecule has 7 nitrogen and oxygen atoms in total. The van der Waals surface area contributed by atoms with Crippen molar-refractivity contribution >= 4 is 5.91 Å². The van der Waals surface area contributed by atoms with Crippen LogP contribution in [0, 0.1) is 11.3 Å². The Morgan fingerprint density at radius 3 is 2.86 bits per heavy atom. The Hall–Kier alpha value is -2.14. The third kappa shape index (κ3) is 3.86. The predicted molar refractivity (Wildman–Crippen MR) is 102 cm³/mol. The quantitative estimate of drug-likeness (QED) is 0.753. The lowest BCUT2D eigenvalue weighted by atomic mass is 9.84. The number of fused-ring (bicyclic) bond motifs is 1. The summed E-state index contributed by atoms with van der Waals surface area (Å²) in [5, 5.41) is 20.4. The predicted octanol–water partition coefficient (Wildman–Crippen LogP) is 2.52. The third-order valence-corrected chi connectivity index (χ3v) is 5.44. The Kier molecular flexibility index (Phi) is 5.94. The van der Waals surface area contributed by atoms with Gasteiger partial charge in [-0.3, -0.25) is 4.79 Å². The third-order valence-electron chi connectivity index (χ3n) is 5.44. The van der Waals surface area contributed by atoms with Gasteiger partial charge < -0.3 is 24.2 Å². The number of likely N-dealkylation sites (tertiary alicyclic amines) is 1. The summed E-state index contributed by atoms with van der Waals surface area (Å²) in [6.45, 7) is 8.20. The standard InChI is InChI=1S/C21H28N2O5/c1-5-26-13(2)27-12-15-7-9-18(24)23(15)19-16-10-14(11-22)6-8-17(16)28-21(3,4)20(19)25/h6,8,10,13,15,19-20,25H,5,7,9,12H2,1-4H3/t13?,15-,19-,20+/m0/s1. The number of nitriles is 1. The molecule has 1 N–H and O–H groups in total. The fourth-order valence-corrected chi connectivity index (χ4v) is 3.98. The largest absolute Gasteiger partial charge is 0.485 e. The van der Waals surface area contributed by atoms with Crippen molar-refractivity contribution in [3.63, 3.8) is 0 Å². The molecule has 28 heavy (non-hydrogen) atoms. The minimum Gasteiger partial charge on any atom is -0.485 e. The van der Waals surface area contributed by atoms with Crippen LogP contribution in [0.5, 0.6) is 5.75 Å². The van der Waals surface area contributed by atoms with Crippen LogP contribution in [0.1, 0.15) is 57.7 Å². The van der Waals surface area contributed by atoms with Crippen LogP contribution in [0.2, 0.25) is 0 Å². The summed E-state index contributed by atoms with van der Waals surface area (Å²) in [5.74, 6) is 0.550. The Morgan fingerprint density at radius 2 is 2.18 bits per heavy atom.